The van der Waals surface area contributed by atoms with E-state index in [-0.39, 0.29) is 35.0 Å². The molecule has 0 atom stereocenters. The Morgan fingerprint density at radius 3 is 1.20 bits per heavy atom. The summed E-state index contributed by atoms with van der Waals surface area (Å²) >= 11 is 0. The van der Waals surface area contributed by atoms with E-state index in [1.165, 1.54) is 4.91 Å². The second-order valence-electron chi connectivity index (χ2n) is 0.0894. The van der Waals surface area contributed by atoms with Crippen LogP contribution in [0.15, 0.2) is 0 Å². The SMILES string of the molecule is [N-]=[N+]=[N-].[Na+].[OH-]. The Labute approximate surface area is 51.2 Å². The second kappa shape index (κ2) is 28.3. The predicted molar refractivity (Wildman–Crippen MR) is 12.0 cm³/mol. The summed E-state index contributed by atoms with van der Waals surface area (Å²) in [6.07, 6.45) is 0. The Morgan fingerprint density at radius 1 is 1.20 bits per heavy atom. The molecule has 0 amide bonds. The second-order valence-corrected chi connectivity index (χ2v) is 0.0894. The first-order valence-electron chi connectivity index (χ1n) is 0.400. The van der Waals surface area contributed by atoms with E-state index < -0.39 is 0 Å². The smallest absolute Gasteiger partial charge is 0.870 e. The Balaban J connectivity index is -0.0000000200. The van der Waals surface area contributed by atoms with E-state index in [0.29, 0.717) is 0 Å². The molecule has 0 rings (SSSR count). The molecule has 0 unspecified atom stereocenters. The van der Waals surface area contributed by atoms with E-state index in [0.717, 1.165) is 0 Å². The van der Waals surface area contributed by atoms with Crippen LogP contribution in [-0.2, 0) is 0 Å². The van der Waals surface area contributed by atoms with E-state index in [4.69, 9.17) is 11.1 Å². The summed E-state index contributed by atoms with van der Waals surface area (Å²) in [6.45, 7) is 0. The Bertz CT molecular complexity index is 27.9. The zero-order valence-corrected chi connectivity index (χ0v) is 4.79. The minimum absolute atomic E-state index is 0. The van der Waals surface area contributed by atoms with Gasteiger partial charge >= 0.3 is 29.6 Å². The van der Waals surface area contributed by atoms with Gasteiger partial charge in [0.25, 0.3) is 0 Å². The molecule has 0 heterocycles. The first-order chi connectivity index (χ1) is 1.41. The number of hydrogen-bond acceptors (Lipinski definition) is 1. The summed E-state index contributed by atoms with van der Waals surface area (Å²) in [5.41, 5.74) is 13.5. The maximum Gasteiger partial charge on any atom is 1.00 e. The first-order valence-corrected chi connectivity index (χ1v) is 0.400. The summed E-state index contributed by atoms with van der Waals surface area (Å²) < 4.78 is 0. The minimum atomic E-state index is 0. The summed E-state index contributed by atoms with van der Waals surface area (Å²) in [5, 5.41) is 0. The fourth-order valence-electron chi connectivity index (χ4n) is 0. The maximum atomic E-state index is 6.75. The van der Waals surface area contributed by atoms with Crippen molar-refractivity contribution in [3.63, 3.8) is 0 Å². The van der Waals surface area contributed by atoms with Gasteiger partial charge in [-0.05, 0) is 0 Å². The van der Waals surface area contributed by atoms with E-state index in [2.05, 4.69) is 0 Å². The average Bonchev–Trinajstić information content (AvgIpc) is 0.918. The molecule has 0 aromatic carbocycles. The molecule has 5 heteroatoms. The molecule has 0 aliphatic carbocycles. The third kappa shape index (κ3) is 302. The van der Waals surface area contributed by atoms with E-state index >= 15 is 0 Å². The van der Waals surface area contributed by atoms with Crippen LogP contribution in [0.3, 0.4) is 0 Å². The van der Waals surface area contributed by atoms with E-state index in [9.17, 15) is 0 Å². The van der Waals surface area contributed by atoms with Crippen molar-refractivity contribution in [1.82, 2.24) is 0 Å². The first kappa shape index (κ1) is 18.6. The van der Waals surface area contributed by atoms with Crippen LogP contribution in [0.5, 0.6) is 0 Å². The largest absolute Gasteiger partial charge is 1.00 e. The molecule has 0 fully saturated rings. The van der Waals surface area contributed by atoms with Crippen molar-refractivity contribution in [1.29, 1.82) is 0 Å². The fourth-order valence-corrected chi connectivity index (χ4v) is 0. The van der Waals surface area contributed by atoms with Gasteiger partial charge in [-0.25, -0.2) is 0 Å². The van der Waals surface area contributed by atoms with Crippen LogP contribution in [0.1, 0.15) is 0 Å². The van der Waals surface area contributed by atoms with Crippen LogP contribution in [0.25, 0.3) is 16.0 Å². The molecule has 0 aliphatic rings. The molecular weight excluding hydrogens is 81.0 g/mol. The number of hydrogen-bond donors (Lipinski definition) is 0. The van der Waals surface area contributed by atoms with Crippen LogP contribution < -0.4 is 29.6 Å². The molecule has 0 aromatic heterocycles. The molecule has 0 bridgehead atoms. The maximum absolute atomic E-state index is 6.75. The molecule has 0 aromatic rings. The number of nitrogens with zero attached hydrogens (tertiary/aromatic N) is 3. The van der Waals surface area contributed by atoms with Crippen molar-refractivity contribution in [3.8, 4) is 0 Å². The van der Waals surface area contributed by atoms with Crippen LogP contribution >= 0.6 is 0 Å². The molecule has 1 N–H and O–H groups in total. The molecule has 4 nitrogen and oxygen atoms in total. The molecule has 0 radical (unpaired) electrons. The monoisotopic (exact) mass is 82.0 g/mol. The average molecular weight is 82.0 g/mol. The molecule has 0 saturated heterocycles. The van der Waals surface area contributed by atoms with Gasteiger partial charge in [-0.3, -0.25) is 4.91 Å². The minimum Gasteiger partial charge on any atom is -0.870 e. The van der Waals surface area contributed by atoms with Crippen molar-refractivity contribution in [2.75, 3.05) is 0 Å². The normalized spacial score (nSPS) is 1.60. The van der Waals surface area contributed by atoms with Gasteiger partial charge in [0.05, 0.1) is 0 Å². The quantitative estimate of drug-likeness (QED) is 0.140. The van der Waals surface area contributed by atoms with Crippen LogP contribution in [0, 0.1) is 0 Å². The van der Waals surface area contributed by atoms with E-state index in [1.54, 1.807) is 0 Å². The van der Waals surface area contributed by atoms with Gasteiger partial charge in [0.15, 0.2) is 0 Å². The molecule has 0 saturated carbocycles. The fraction of sp³-hybridized carbons (Fsp3) is 0. The number of rotatable bonds is 0. The van der Waals surface area contributed by atoms with Crippen molar-refractivity contribution in [3.05, 3.63) is 16.0 Å². The van der Waals surface area contributed by atoms with Crippen molar-refractivity contribution >= 4 is 0 Å². The topological polar surface area (TPSA) is 88.7 Å². The van der Waals surface area contributed by atoms with Gasteiger partial charge in [-0.15, -0.1) is 0 Å². The van der Waals surface area contributed by atoms with Gasteiger partial charge in [0.2, 0.25) is 0 Å². The van der Waals surface area contributed by atoms with Gasteiger partial charge < -0.3 is 16.5 Å². The summed E-state index contributed by atoms with van der Waals surface area (Å²) in [5.74, 6) is 0. The van der Waals surface area contributed by atoms with Crippen molar-refractivity contribution in [2.45, 2.75) is 0 Å². The van der Waals surface area contributed by atoms with Gasteiger partial charge in [-0.1, -0.05) is 0 Å². The van der Waals surface area contributed by atoms with Crippen molar-refractivity contribution < 1.29 is 35.0 Å². The summed E-state index contributed by atoms with van der Waals surface area (Å²) in [6, 6.07) is 0. The zero-order chi connectivity index (χ0) is 2.71. The van der Waals surface area contributed by atoms with E-state index in [1.807, 2.05) is 0 Å². The van der Waals surface area contributed by atoms with Crippen molar-refractivity contribution in [2.24, 2.45) is 0 Å². The molecule has 5 heavy (non-hydrogen) atoms. The molecular formula is HN3NaO-. The third-order valence-corrected chi connectivity index (χ3v) is 0. The molecule has 0 spiro atoms. The van der Waals surface area contributed by atoms with Gasteiger partial charge in [0.1, 0.15) is 0 Å². The van der Waals surface area contributed by atoms with Crippen LogP contribution in [-0.4, -0.2) is 5.48 Å². The zero-order valence-electron chi connectivity index (χ0n) is 2.79. The molecule has 24 valence electrons. The molecule has 0 aliphatic heterocycles. The Kier molecular flexibility index (Phi) is 106. The summed E-state index contributed by atoms with van der Waals surface area (Å²) in [7, 11) is 0. The predicted octanol–water partition coefficient (Wildman–Crippen LogP) is -2.31. The Morgan fingerprint density at radius 2 is 1.20 bits per heavy atom. The summed E-state index contributed by atoms with van der Waals surface area (Å²) in [4.78, 5) is 1.50. The standard InChI is InChI=1S/N3.Na.H2O/c1-3-2;;/h;;1H2/q-1;+1;/p-1. The van der Waals surface area contributed by atoms with Crippen LogP contribution in [0.2, 0.25) is 0 Å². The third-order valence-electron chi connectivity index (χ3n) is 0. The van der Waals surface area contributed by atoms with Crippen LogP contribution in [0.4, 0.5) is 0 Å². The van der Waals surface area contributed by atoms with Gasteiger partial charge in [-0.2, -0.15) is 0 Å². The van der Waals surface area contributed by atoms with Gasteiger partial charge in [0, 0.05) is 0 Å². The Hall–Kier alpha value is 0.270.